The van der Waals surface area contributed by atoms with Gasteiger partial charge in [-0.25, -0.2) is 0 Å². The van der Waals surface area contributed by atoms with Crippen LogP contribution < -0.4 is 19.7 Å². The molecule has 1 heterocycles. The monoisotopic (exact) mass is 411 g/mol. The van der Waals surface area contributed by atoms with Crippen molar-refractivity contribution >= 4 is 11.9 Å². The highest BCUT2D eigenvalue weighted by atomic mass is 16.5. The number of carbonyl (C=O) groups excluding carboxylic acids is 2. The number of carbonyl (C=O) groups is 2. The molecule has 0 saturated carbocycles. The highest BCUT2D eigenvalue weighted by Crippen LogP contribution is 2.38. The topological polar surface area (TPSA) is 102 Å². The lowest BCUT2D eigenvalue weighted by Gasteiger charge is -2.23. The zero-order valence-electron chi connectivity index (χ0n) is 17.3. The molecule has 160 valence electrons. The lowest BCUT2D eigenvalue weighted by molar-refractivity contribution is -0.301. The molecule has 0 amide bonds. The van der Waals surface area contributed by atoms with Gasteiger partial charge >= 0.3 is 0 Å². The molecular formula is C23H25NO6-2. The van der Waals surface area contributed by atoms with Crippen LogP contribution in [0.2, 0.25) is 0 Å². The number of carboxylic acids is 2. The Balaban J connectivity index is 0.000000343. The van der Waals surface area contributed by atoms with Crippen LogP contribution in [-0.2, 0) is 16.0 Å². The average molecular weight is 411 g/mol. The summed E-state index contributed by atoms with van der Waals surface area (Å²) < 4.78 is 11.0. The fourth-order valence-corrected chi connectivity index (χ4v) is 3.40. The number of ether oxygens (including phenoxy) is 2. The Labute approximate surface area is 176 Å². The van der Waals surface area contributed by atoms with Crippen LogP contribution in [0.4, 0.5) is 0 Å². The Bertz CT molecular complexity index is 878. The van der Waals surface area contributed by atoms with E-state index in [9.17, 15) is 19.8 Å². The van der Waals surface area contributed by atoms with Gasteiger partial charge in [0.1, 0.15) is 0 Å². The number of likely N-dealkylation sites (N-methyl/N-ethyl adjacent to an activating group) is 1. The summed E-state index contributed by atoms with van der Waals surface area (Å²) in [5.74, 6) is -1.10. The highest BCUT2D eigenvalue weighted by molar-refractivity contribution is 5.87. The van der Waals surface area contributed by atoms with Crippen LogP contribution in [0, 0.1) is 0 Å². The maximum absolute atomic E-state index is 9.41. The van der Waals surface area contributed by atoms with Crippen molar-refractivity contribution < 1.29 is 29.3 Å². The largest absolute Gasteiger partial charge is 0.545 e. The lowest BCUT2D eigenvalue weighted by atomic mass is 9.87. The van der Waals surface area contributed by atoms with E-state index in [1.165, 1.54) is 16.7 Å². The van der Waals surface area contributed by atoms with E-state index in [-0.39, 0.29) is 0 Å². The van der Waals surface area contributed by atoms with Crippen molar-refractivity contribution in [1.29, 1.82) is 0 Å². The van der Waals surface area contributed by atoms with Crippen LogP contribution in [-0.4, -0.2) is 51.2 Å². The maximum atomic E-state index is 9.41. The Morgan fingerprint density at radius 2 is 1.57 bits per heavy atom. The molecule has 0 saturated heterocycles. The second kappa shape index (κ2) is 11.0. The number of nitrogens with zero attached hydrogens (tertiary/aromatic N) is 1. The van der Waals surface area contributed by atoms with Crippen molar-refractivity contribution in [3.8, 4) is 11.5 Å². The summed E-state index contributed by atoms with van der Waals surface area (Å²) in [6.07, 6.45) is 1.81. The van der Waals surface area contributed by atoms with Gasteiger partial charge in [0.15, 0.2) is 11.5 Å². The van der Waals surface area contributed by atoms with Crippen LogP contribution in [0.3, 0.4) is 0 Å². The summed E-state index contributed by atoms with van der Waals surface area (Å²) in [6.45, 7) is 2.08. The van der Waals surface area contributed by atoms with Crippen molar-refractivity contribution in [3.63, 3.8) is 0 Å². The number of methoxy groups -OCH3 is 2. The molecular weight excluding hydrogens is 386 g/mol. The summed E-state index contributed by atoms with van der Waals surface area (Å²) in [7, 11) is 5.59. The lowest BCUT2D eigenvalue weighted by Crippen LogP contribution is -2.24. The fourth-order valence-electron chi connectivity index (χ4n) is 3.40. The number of benzene rings is 2. The van der Waals surface area contributed by atoms with Gasteiger partial charge in [0.25, 0.3) is 0 Å². The number of aliphatic carboxylic acids is 2. The number of carboxylic acid groups (broad SMARTS) is 2. The quantitative estimate of drug-likeness (QED) is 0.655. The first-order valence-corrected chi connectivity index (χ1v) is 9.44. The summed E-state index contributed by atoms with van der Waals surface area (Å²) in [4.78, 5) is 21.2. The fraction of sp³-hybridized carbons (Fsp3) is 0.304. The third-order valence-electron chi connectivity index (χ3n) is 4.84. The van der Waals surface area contributed by atoms with Crippen molar-refractivity contribution in [2.75, 3.05) is 34.4 Å². The van der Waals surface area contributed by atoms with Gasteiger partial charge in [-0.2, -0.15) is 0 Å². The standard InChI is InChI=1S/C19H23NO2.C4H4O4/c1-20-10-9-15-11-18(21-2)19(22-3)12-16(15)17(13-20)14-7-5-4-6-8-14;5-3(6)1-2-4(7)8/h4-8,11-12,17H,9-10,13H2,1-3H3;1-2H,(H,5,6)(H,7,8)/p-2/b;2-1-. The molecule has 2 aromatic carbocycles. The molecule has 7 heteroatoms. The molecule has 0 bridgehead atoms. The Morgan fingerprint density at radius 3 is 2.10 bits per heavy atom. The van der Waals surface area contributed by atoms with Crippen molar-refractivity contribution in [1.82, 2.24) is 4.90 Å². The molecule has 1 unspecified atom stereocenters. The average Bonchev–Trinajstić information content (AvgIpc) is 2.90. The number of hydrogen-bond donors (Lipinski definition) is 0. The van der Waals surface area contributed by atoms with E-state index < -0.39 is 11.9 Å². The van der Waals surface area contributed by atoms with Gasteiger partial charge < -0.3 is 34.2 Å². The van der Waals surface area contributed by atoms with Gasteiger partial charge in [-0.05, 0) is 54.4 Å². The highest BCUT2D eigenvalue weighted by Gasteiger charge is 2.24. The van der Waals surface area contributed by atoms with Gasteiger partial charge in [0, 0.05) is 19.0 Å². The molecule has 1 aliphatic rings. The van der Waals surface area contributed by atoms with Crippen LogP contribution >= 0.6 is 0 Å². The molecule has 0 aliphatic carbocycles. The van der Waals surface area contributed by atoms with E-state index >= 15 is 0 Å². The maximum Gasteiger partial charge on any atom is 0.161 e. The normalized spacial score (nSPS) is 16.0. The zero-order valence-corrected chi connectivity index (χ0v) is 17.3. The minimum atomic E-state index is -1.55. The van der Waals surface area contributed by atoms with Crippen LogP contribution in [0.25, 0.3) is 0 Å². The molecule has 0 N–H and O–H groups in total. The molecule has 0 spiro atoms. The molecule has 2 aromatic rings. The second-order valence-electron chi connectivity index (χ2n) is 6.85. The van der Waals surface area contributed by atoms with E-state index in [0.717, 1.165) is 31.0 Å². The first-order chi connectivity index (χ1) is 14.3. The van der Waals surface area contributed by atoms with Crippen molar-refractivity contribution in [2.24, 2.45) is 0 Å². The van der Waals surface area contributed by atoms with E-state index in [0.29, 0.717) is 18.1 Å². The summed E-state index contributed by atoms with van der Waals surface area (Å²) in [6, 6.07) is 15.0. The molecule has 1 aliphatic heterocycles. The third kappa shape index (κ3) is 6.35. The molecule has 3 rings (SSSR count). The summed E-state index contributed by atoms with van der Waals surface area (Å²) in [5.41, 5.74) is 4.06. The van der Waals surface area contributed by atoms with Gasteiger partial charge in [-0.1, -0.05) is 30.3 Å². The van der Waals surface area contributed by atoms with E-state index in [1.807, 2.05) is 0 Å². The summed E-state index contributed by atoms with van der Waals surface area (Å²) in [5, 5.41) is 18.8. The zero-order chi connectivity index (χ0) is 22.1. The van der Waals surface area contributed by atoms with E-state index in [1.54, 1.807) is 14.2 Å². The van der Waals surface area contributed by atoms with Gasteiger partial charge in [-0.15, -0.1) is 0 Å². The number of rotatable bonds is 5. The molecule has 0 fully saturated rings. The molecule has 0 aromatic heterocycles. The molecule has 0 radical (unpaired) electrons. The Hall–Kier alpha value is -3.32. The van der Waals surface area contributed by atoms with Gasteiger partial charge in [0.05, 0.1) is 26.2 Å². The van der Waals surface area contributed by atoms with E-state index in [2.05, 4.69) is 54.4 Å². The van der Waals surface area contributed by atoms with Crippen molar-refractivity contribution in [2.45, 2.75) is 12.3 Å². The minimum Gasteiger partial charge on any atom is -0.545 e. The second-order valence-corrected chi connectivity index (χ2v) is 6.85. The van der Waals surface area contributed by atoms with Gasteiger partial charge in [0.2, 0.25) is 0 Å². The number of fused-ring (bicyclic) bond motifs is 1. The third-order valence-corrected chi connectivity index (χ3v) is 4.84. The predicted octanol–water partition coefficient (Wildman–Crippen LogP) is 0.366. The molecule has 7 nitrogen and oxygen atoms in total. The SMILES string of the molecule is COc1cc2c(cc1OC)C(c1ccccc1)CN(C)CC2.O=C([O-])/C=C\C(=O)[O-]. The van der Waals surface area contributed by atoms with Crippen LogP contribution in [0.1, 0.15) is 22.6 Å². The summed E-state index contributed by atoms with van der Waals surface area (Å²) >= 11 is 0. The predicted molar refractivity (Wildman–Crippen MR) is 108 cm³/mol. The molecule has 30 heavy (non-hydrogen) atoms. The number of hydrogen-bond acceptors (Lipinski definition) is 7. The van der Waals surface area contributed by atoms with Crippen LogP contribution in [0.15, 0.2) is 54.6 Å². The van der Waals surface area contributed by atoms with Crippen LogP contribution in [0.5, 0.6) is 11.5 Å². The Kier molecular flexibility index (Phi) is 8.43. The Morgan fingerprint density at radius 1 is 1.00 bits per heavy atom. The van der Waals surface area contributed by atoms with Crippen molar-refractivity contribution in [3.05, 3.63) is 71.3 Å². The molecule has 1 atom stereocenters. The smallest absolute Gasteiger partial charge is 0.161 e. The minimum absolute atomic E-state index is 0.364. The van der Waals surface area contributed by atoms with E-state index in [4.69, 9.17) is 9.47 Å². The first kappa shape index (κ1) is 23.0. The first-order valence-electron chi connectivity index (χ1n) is 9.44. The van der Waals surface area contributed by atoms with Gasteiger partial charge in [-0.3, -0.25) is 0 Å².